The van der Waals surface area contributed by atoms with Crippen molar-refractivity contribution in [3.8, 4) is 0 Å². The lowest BCUT2D eigenvalue weighted by atomic mass is 9.72. The Bertz CT molecular complexity index is 366. The molecule has 1 fully saturated rings. The molecule has 2 unspecified atom stereocenters. The number of alkyl halides is 3. The molecule has 0 aliphatic carbocycles. The number of ketones is 1. The largest absolute Gasteiger partial charge is 0.462 e. The molecule has 0 aromatic carbocycles. The minimum absolute atomic E-state index is 0.0664. The zero-order valence-electron chi connectivity index (χ0n) is 11.1. The van der Waals surface area contributed by atoms with Gasteiger partial charge < -0.3 is 10.1 Å². The van der Waals surface area contributed by atoms with Crippen LogP contribution in [-0.4, -0.2) is 37.1 Å². The van der Waals surface area contributed by atoms with Gasteiger partial charge in [-0.15, -0.1) is 0 Å². The quantitative estimate of drug-likeness (QED) is 0.783. The highest BCUT2D eigenvalue weighted by Gasteiger charge is 2.52. The molecule has 2 atom stereocenters. The molecule has 19 heavy (non-hydrogen) atoms. The van der Waals surface area contributed by atoms with Gasteiger partial charge in [-0.3, -0.25) is 9.59 Å². The maximum Gasteiger partial charge on any atom is 0.450 e. The van der Waals surface area contributed by atoms with E-state index in [1.807, 2.05) is 0 Å². The van der Waals surface area contributed by atoms with Crippen LogP contribution >= 0.6 is 0 Å². The summed E-state index contributed by atoms with van der Waals surface area (Å²) < 4.78 is 42.9. The lowest BCUT2D eigenvalue weighted by molar-refractivity contribution is -0.183. The topological polar surface area (TPSA) is 55.4 Å². The number of carbonyl (C=O) groups is 2. The molecular formula is C12H18F3NO3. The van der Waals surface area contributed by atoms with Crippen molar-refractivity contribution in [2.45, 2.75) is 39.5 Å². The number of carbonyl (C=O) groups excluding carboxylic acids is 2. The van der Waals surface area contributed by atoms with Crippen LogP contribution in [0.4, 0.5) is 13.2 Å². The second-order valence-corrected chi connectivity index (χ2v) is 5.33. The van der Waals surface area contributed by atoms with Crippen LogP contribution in [0.5, 0.6) is 0 Å². The average Bonchev–Trinajstić information content (AvgIpc) is 2.36. The van der Waals surface area contributed by atoms with E-state index < -0.39 is 35.4 Å². The summed E-state index contributed by atoms with van der Waals surface area (Å²) in [5.74, 6) is -3.60. The summed E-state index contributed by atoms with van der Waals surface area (Å²) >= 11 is 0. The lowest BCUT2D eigenvalue weighted by Crippen LogP contribution is -2.48. The Morgan fingerprint density at radius 2 is 1.89 bits per heavy atom. The third kappa shape index (κ3) is 3.68. The molecule has 0 radical (unpaired) electrons. The van der Waals surface area contributed by atoms with Gasteiger partial charge in [-0.2, -0.15) is 13.2 Å². The molecular weight excluding hydrogens is 263 g/mol. The number of halogens is 3. The van der Waals surface area contributed by atoms with E-state index in [9.17, 15) is 22.8 Å². The van der Waals surface area contributed by atoms with E-state index in [1.54, 1.807) is 0 Å². The molecule has 1 saturated heterocycles. The Morgan fingerprint density at radius 1 is 1.32 bits per heavy atom. The summed E-state index contributed by atoms with van der Waals surface area (Å²) in [4.78, 5) is 22.5. The molecule has 110 valence electrons. The highest BCUT2D eigenvalue weighted by molar-refractivity contribution is 5.87. The van der Waals surface area contributed by atoms with Crippen molar-refractivity contribution in [2.24, 2.45) is 11.3 Å². The molecule has 1 N–H and O–H groups in total. The summed E-state index contributed by atoms with van der Waals surface area (Å²) in [6, 6.07) is 0. The Kier molecular flexibility index (Phi) is 4.60. The number of esters is 1. The second kappa shape index (κ2) is 5.48. The van der Waals surface area contributed by atoms with Crippen LogP contribution in [0.15, 0.2) is 0 Å². The zero-order chi connectivity index (χ0) is 14.8. The van der Waals surface area contributed by atoms with Gasteiger partial charge in [0.15, 0.2) is 0 Å². The third-order valence-electron chi connectivity index (χ3n) is 3.56. The van der Waals surface area contributed by atoms with Gasteiger partial charge in [0.1, 0.15) is 6.10 Å². The molecule has 0 spiro atoms. The second-order valence-electron chi connectivity index (χ2n) is 5.33. The van der Waals surface area contributed by atoms with E-state index in [4.69, 9.17) is 4.74 Å². The lowest BCUT2D eigenvalue weighted by Gasteiger charge is -2.37. The van der Waals surface area contributed by atoms with Crippen molar-refractivity contribution in [3.05, 3.63) is 0 Å². The summed E-state index contributed by atoms with van der Waals surface area (Å²) in [5.41, 5.74) is -1.07. The Labute approximate surface area is 109 Å². The first-order valence-electron chi connectivity index (χ1n) is 6.05. The first kappa shape index (κ1) is 15.9. The fourth-order valence-electron chi connectivity index (χ4n) is 2.38. The van der Waals surface area contributed by atoms with Crippen LogP contribution < -0.4 is 5.32 Å². The fourth-order valence-corrected chi connectivity index (χ4v) is 2.38. The first-order valence-corrected chi connectivity index (χ1v) is 6.05. The van der Waals surface area contributed by atoms with Crippen molar-refractivity contribution >= 4 is 11.8 Å². The fraction of sp³-hybridized carbons (Fsp3) is 0.833. The highest BCUT2D eigenvalue weighted by atomic mass is 19.4. The van der Waals surface area contributed by atoms with E-state index in [0.29, 0.717) is 13.0 Å². The van der Waals surface area contributed by atoms with Gasteiger partial charge in [-0.25, -0.2) is 0 Å². The van der Waals surface area contributed by atoms with Gasteiger partial charge in [0.25, 0.3) is 0 Å². The maximum absolute atomic E-state index is 12.6. The van der Waals surface area contributed by atoms with Gasteiger partial charge >= 0.3 is 12.1 Å². The first-order chi connectivity index (χ1) is 8.56. The standard InChI is InChI=1S/C12H18F3NO3/c1-7(17)19-9-4-5-16-6-8(11(9,2)3)10(18)12(13,14)15/h8-9,16H,4-6H2,1-3H3. The van der Waals surface area contributed by atoms with Crippen molar-refractivity contribution in [3.63, 3.8) is 0 Å². The van der Waals surface area contributed by atoms with Crippen molar-refractivity contribution in [2.75, 3.05) is 13.1 Å². The molecule has 0 aromatic heterocycles. The van der Waals surface area contributed by atoms with Crippen LogP contribution in [0, 0.1) is 11.3 Å². The minimum Gasteiger partial charge on any atom is -0.462 e. The normalized spacial score (nSPS) is 27.5. The van der Waals surface area contributed by atoms with Gasteiger partial charge in [0, 0.05) is 24.8 Å². The molecule has 0 amide bonds. The van der Waals surface area contributed by atoms with Gasteiger partial charge in [-0.05, 0) is 13.0 Å². The highest BCUT2D eigenvalue weighted by Crippen LogP contribution is 2.39. The predicted molar refractivity (Wildman–Crippen MR) is 61.4 cm³/mol. The molecule has 4 nitrogen and oxygen atoms in total. The molecule has 1 rings (SSSR count). The Hall–Kier alpha value is -1.11. The zero-order valence-corrected chi connectivity index (χ0v) is 11.1. The van der Waals surface area contributed by atoms with E-state index in [0.717, 1.165) is 0 Å². The number of ether oxygens (including phenoxy) is 1. The summed E-state index contributed by atoms with van der Waals surface area (Å²) in [6.45, 7) is 4.60. The predicted octanol–water partition coefficient (Wildman–Crippen LogP) is 1.69. The van der Waals surface area contributed by atoms with E-state index in [1.165, 1.54) is 20.8 Å². The average molecular weight is 281 g/mol. The number of nitrogens with one attached hydrogen (secondary N) is 1. The molecule has 0 aromatic rings. The van der Waals surface area contributed by atoms with E-state index in [2.05, 4.69) is 5.32 Å². The van der Waals surface area contributed by atoms with E-state index in [-0.39, 0.29) is 6.54 Å². The van der Waals surface area contributed by atoms with E-state index >= 15 is 0 Å². The van der Waals surface area contributed by atoms with Crippen molar-refractivity contribution < 1.29 is 27.5 Å². The molecule has 1 aliphatic rings. The molecule has 1 aliphatic heterocycles. The SMILES string of the molecule is CC(=O)OC1CCNCC(C(=O)C(F)(F)F)C1(C)C. The maximum atomic E-state index is 12.6. The van der Waals surface area contributed by atoms with Crippen LogP contribution in [-0.2, 0) is 14.3 Å². The van der Waals surface area contributed by atoms with Crippen molar-refractivity contribution in [1.82, 2.24) is 5.32 Å². The number of rotatable bonds is 2. The Morgan fingerprint density at radius 3 is 2.37 bits per heavy atom. The van der Waals surface area contributed by atoms with Gasteiger partial charge in [0.2, 0.25) is 5.78 Å². The smallest absolute Gasteiger partial charge is 0.450 e. The summed E-state index contributed by atoms with van der Waals surface area (Å²) in [5, 5.41) is 2.80. The van der Waals surface area contributed by atoms with Gasteiger partial charge in [-0.1, -0.05) is 13.8 Å². The third-order valence-corrected chi connectivity index (χ3v) is 3.56. The molecule has 7 heteroatoms. The van der Waals surface area contributed by atoms with Crippen LogP contribution in [0.1, 0.15) is 27.2 Å². The van der Waals surface area contributed by atoms with Crippen LogP contribution in [0.3, 0.4) is 0 Å². The van der Waals surface area contributed by atoms with Crippen LogP contribution in [0.2, 0.25) is 0 Å². The molecule has 1 heterocycles. The Balaban J connectivity index is 3.02. The summed E-state index contributed by atoms with van der Waals surface area (Å²) in [6.07, 6.45) is -5.21. The number of Topliss-reactive ketones (excluding diaryl/α,β-unsaturated/α-hetero) is 1. The monoisotopic (exact) mass is 281 g/mol. The molecule has 0 saturated carbocycles. The van der Waals surface area contributed by atoms with Crippen LogP contribution in [0.25, 0.3) is 0 Å². The number of hydrogen-bond acceptors (Lipinski definition) is 4. The summed E-state index contributed by atoms with van der Waals surface area (Å²) in [7, 11) is 0. The van der Waals surface area contributed by atoms with Gasteiger partial charge in [0.05, 0.1) is 0 Å². The van der Waals surface area contributed by atoms with Crippen molar-refractivity contribution in [1.29, 1.82) is 0 Å². The molecule has 0 bridgehead atoms. The minimum atomic E-state index is -4.88. The number of hydrogen-bond donors (Lipinski definition) is 1.